The Balaban J connectivity index is 1.35. The Morgan fingerprint density at radius 2 is 1.21 bits per heavy atom. The van der Waals surface area contributed by atoms with Crippen molar-refractivity contribution in [3.63, 3.8) is 0 Å². The fourth-order valence-electron chi connectivity index (χ4n) is 5.67. The lowest BCUT2D eigenvalue weighted by Gasteiger charge is -2.29. The van der Waals surface area contributed by atoms with Crippen molar-refractivity contribution in [3.8, 4) is 0 Å². The molecule has 3 aliphatic rings. The van der Waals surface area contributed by atoms with E-state index in [1.807, 2.05) is 0 Å². The van der Waals surface area contributed by atoms with E-state index in [4.69, 9.17) is 0 Å². The molecule has 33 heavy (non-hydrogen) atoms. The Bertz CT molecular complexity index is 835. The van der Waals surface area contributed by atoms with Gasteiger partial charge < -0.3 is 10.6 Å². The zero-order valence-corrected chi connectivity index (χ0v) is 19.9. The van der Waals surface area contributed by atoms with Crippen LogP contribution in [0.25, 0.3) is 0 Å². The molecular weight excluding hydrogens is 414 g/mol. The number of rotatable bonds is 3. The first kappa shape index (κ1) is 23.8. The minimum Gasteiger partial charge on any atom is -0.335 e. The molecule has 0 aromatic heterocycles. The van der Waals surface area contributed by atoms with E-state index in [1.54, 1.807) is 18.2 Å². The quantitative estimate of drug-likeness (QED) is 0.519. The first-order chi connectivity index (χ1) is 16.1. The molecule has 6 heteroatoms. The third-order valence-corrected chi connectivity index (χ3v) is 7.56. The van der Waals surface area contributed by atoms with Crippen LogP contribution in [-0.4, -0.2) is 34.8 Å². The van der Waals surface area contributed by atoms with Gasteiger partial charge in [0.05, 0.1) is 11.1 Å². The second-order valence-electron chi connectivity index (χ2n) is 10.1. The first-order valence-corrected chi connectivity index (χ1v) is 13.2. The van der Waals surface area contributed by atoms with E-state index >= 15 is 0 Å². The molecule has 4 rings (SSSR count). The molecule has 1 heterocycles. The maximum atomic E-state index is 13.0. The van der Waals surface area contributed by atoms with Crippen LogP contribution in [0.3, 0.4) is 0 Å². The topological polar surface area (TPSA) is 78.5 Å². The highest BCUT2D eigenvalue weighted by Crippen LogP contribution is 2.32. The van der Waals surface area contributed by atoms with Crippen LogP contribution in [0.15, 0.2) is 18.2 Å². The third-order valence-electron chi connectivity index (χ3n) is 7.56. The Morgan fingerprint density at radius 1 is 0.697 bits per heavy atom. The average molecular weight is 454 g/mol. The monoisotopic (exact) mass is 453 g/mol. The van der Waals surface area contributed by atoms with Crippen LogP contribution < -0.4 is 10.6 Å². The SMILES string of the molecule is O=C(Nc1ccc2c(c1)C(=O)N(C1CCCCC1)C2=O)NC1CCCCCCCCCCC1. The third kappa shape index (κ3) is 6.15. The minimum absolute atomic E-state index is 0.00644. The van der Waals surface area contributed by atoms with Gasteiger partial charge in [-0.05, 0) is 43.9 Å². The van der Waals surface area contributed by atoms with Gasteiger partial charge in [0.2, 0.25) is 0 Å². The number of imide groups is 1. The fourth-order valence-corrected chi connectivity index (χ4v) is 5.67. The lowest BCUT2D eigenvalue weighted by atomic mass is 9.94. The van der Waals surface area contributed by atoms with Crippen LogP contribution in [0.2, 0.25) is 0 Å². The van der Waals surface area contributed by atoms with Gasteiger partial charge in [-0.3, -0.25) is 14.5 Å². The van der Waals surface area contributed by atoms with Gasteiger partial charge in [0.1, 0.15) is 0 Å². The minimum atomic E-state index is -0.229. The van der Waals surface area contributed by atoms with Crippen LogP contribution in [-0.2, 0) is 0 Å². The maximum absolute atomic E-state index is 13.0. The summed E-state index contributed by atoms with van der Waals surface area (Å²) in [6.07, 6.45) is 18.5. The predicted octanol–water partition coefficient (Wildman–Crippen LogP) is 6.41. The van der Waals surface area contributed by atoms with Crippen molar-refractivity contribution in [1.29, 1.82) is 0 Å². The number of anilines is 1. The number of benzene rings is 1. The number of carbonyl (C=O) groups excluding carboxylic acids is 3. The summed E-state index contributed by atoms with van der Waals surface area (Å²) >= 11 is 0. The highest BCUT2D eigenvalue weighted by molar-refractivity contribution is 6.22. The van der Waals surface area contributed by atoms with Gasteiger partial charge in [0, 0.05) is 17.8 Å². The summed E-state index contributed by atoms with van der Waals surface area (Å²) in [5.74, 6) is -0.406. The van der Waals surface area contributed by atoms with Crippen molar-refractivity contribution in [3.05, 3.63) is 29.3 Å². The van der Waals surface area contributed by atoms with Crippen molar-refractivity contribution in [1.82, 2.24) is 10.2 Å². The largest absolute Gasteiger partial charge is 0.335 e. The molecule has 4 amide bonds. The van der Waals surface area contributed by atoms with Gasteiger partial charge in [0.25, 0.3) is 11.8 Å². The maximum Gasteiger partial charge on any atom is 0.319 e. The number of fused-ring (bicyclic) bond motifs is 1. The first-order valence-electron chi connectivity index (χ1n) is 13.2. The van der Waals surface area contributed by atoms with Crippen molar-refractivity contribution in [2.45, 2.75) is 115 Å². The molecule has 0 atom stereocenters. The molecule has 0 radical (unpaired) electrons. The summed E-state index contributed by atoms with van der Waals surface area (Å²) in [4.78, 5) is 40.1. The molecule has 2 fully saturated rings. The Labute approximate surface area is 197 Å². The molecule has 1 aromatic carbocycles. The van der Waals surface area contributed by atoms with Crippen molar-refractivity contribution in [2.75, 3.05) is 5.32 Å². The van der Waals surface area contributed by atoms with Crippen LogP contribution >= 0.6 is 0 Å². The van der Waals surface area contributed by atoms with E-state index in [0.29, 0.717) is 16.8 Å². The zero-order valence-electron chi connectivity index (χ0n) is 19.9. The van der Waals surface area contributed by atoms with E-state index in [2.05, 4.69) is 10.6 Å². The second kappa shape index (κ2) is 11.7. The molecule has 2 aliphatic carbocycles. The Morgan fingerprint density at radius 3 is 1.85 bits per heavy atom. The van der Waals surface area contributed by atoms with Gasteiger partial charge in [-0.2, -0.15) is 0 Å². The van der Waals surface area contributed by atoms with E-state index in [9.17, 15) is 14.4 Å². The smallest absolute Gasteiger partial charge is 0.319 e. The van der Waals surface area contributed by atoms with Crippen LogP contribution in [0.5, 0.6) is 0 Å². The standard InChI is InChI=1S/C27H39N3O3/c31-25-23-18-17-21(19-24(23)26(32)30(25)22-15-11-8-12-16-22)29-27(33)28-20-13-9-6-4-2-1-3-5-7-10-14-20/h17-20,22H,1-16H2,(H2,28,29,33). The van der Waals surface area contributed by atoms with Gasteiger partial charge in [0.15, 0.2) is 0 Å². The number of nitrogens with zero attached hydrogens (tertiary/aromatic N) is 1. The summed E-state index contributed by atoms with van der Waals surface area (Å²) < 4.78 is 0. The number of hydrogen-bond donors (Lipinski definition) is 2. The number of amides is 4. The van der Waals surface area contributed by atoms with Crippen LogP contribution in [0.4, 0.5) is 10.5 Å². The van der Waals surface area contributed by atoms with Crippen molar-refractivity contribution < 1.29 is 14.4 Å². The van der Waals surface area contributed by atoms with E-state index in [1.165, 1.54) is 56.3 Å². The molecule has 0 unspecified atom stereocenters. The average Bonchev–Trinajstić information content (AvgIpc) is 3.05. The summed E-state index contributed by atoms with van der Waals surface area (Å²) in [7, 11) is 0. The molecular formula is C27H39N3O3. The van der Waals surface area contributed by atoms with Gasteiger partial charge in [-0.25, -0.2) is 4.79 Å². The normalized spacial score (nSPS) is 21.8. The van der Waals surface area contributed by atoms with Gasteiger partial charge >= 0.3 is 6.03 Å². The Hall–Kier alpha value is -2.37. The van der Waals surface area contributed by atoms with Crippen LogP contribution in [0, 0.1) is 0 Å². The predicted molar refractivity (Wildman–Crippen MR) is 131 cm³/mol. The fraction of sp³-hybridized carbons (Fsp3) is 0.667. The van der Waals surface area contributed by atoms with Gasteiger partial charge in [-0.1, -0.05) is 77.0 Å². The molecule has 2 saturated carbocycles. The number of hydrogen-bond acceptors (Lipinski definition) is 3. The lowest BCUT2D eigenvalue weighted by Crippen LogP contribution is -2.40. The summed E-state index contributed by atoms with van der Waals surface area (Å²) in [6.45, 7) is 0. The summed E-state index contributed by atoms with van der Waals surface area (Å²) in [6, 6.07) is 5.04. The molecule has 0 saturated heterocycles. The molecule has 0 spiro atoms. The molecule has 0 bridgehead atoms. The highest BCUT2D eigenvalue weighted by atomic mass is 16.2. The van der Waals surface area contributed by atoms with E-state index < -0.39 is 0 Å². The Kier molecular flexibility index (Phi) is 8.40. The van der Waals surface area contributed by atoms with Crippen molar-refractivity contribution in [2.24, 2.45) is 0 Å². The molecule has 180 valence electrons. The van der Waals surface area contributed by atoms with Crippen LogP contribution in [0.1, 0.15) is 123 Å². The molecule has 1 aliphatic heterocycles. The molecule has 6 nitrogen and oxygen atoms in total. The molecule has 2 N–H and O–H groups in total. The summed E-state index contributed by atoms with van der Waals surface area (Å²) in [5, 5.41) is 6.06. The van der Waals surface area contributed by atoms with E-state index in [-0.39, 0.29) is 29.9 Å². The number of carbonyl (C=O) groups is 3. The van der Waals surface area contributed by atoms with Gasteiger partial charge in [-0.15, -0.1) is 0 Å². The second-order valence-corrected chi connectivity index (χ2v) is 10.1. The summed E-state index contributed by atoms with van der Waals surface area (Å²) in [5.41, 5.74) is 1.43. The zero-order chi connectivity index (χ0) is 23.0. The van der Waals surface area contributed by atoms with E-state index in [0.717, 1.165) is 51.4 Å². The number of urea groups is 1. The highest BCUT2D eigenvalue weighted by Gasteiger charge is 2.40. The number of nitrogens with one attached hydrogen (secondary N) is 2. The lowest BCUT2D eigenvalue weighted by molar-refractivity contribution is 0.0549. The van der Waals surface area contributed by atoms with Crippen molar-refractivity contribution >= 4 is 23.5 Å². The molecule has 1 aromatic rings.